The summed E-state index contributed by atoms with van der Waals surface area (Å²) in [6, 6.07) is 12.0. The van der Waals surface area contributed by atoms with Gasteiger partial charge in [0.05, 0.1) is 35.5 Å². The molecule has 0 amide bonds. The van der Waals surface area contributed by atoms with Crippen molar-refractivity contribution >= 4 is 23.9 Å². The summed E-state index contributed by atoms with van der Waals surface area (Å²) in [5.74, 6) is -1.61. The number of carbonyl (C=O) groups excluding carboxylic acids is 2. The molecule has 2 N–H and O–H groups in total. The van der Waals surface area contributed by atoms with Crippen LogP contribution in [0.25, 0.3) is 0 Å². The van der Waals surface area contributed by atoms with Crippen molar-refractivity contribution < 1.29 is 38.9 Å². The van der Waals surface area contributed by atoms with Crippen LogP contribution in [0.1, 0.15) is 146 Å². The molecule has 0 atom stereocenters. The van der Waals surface area contributed by atoms with Gasteiger partial charge in [0.2, 0.25) is 0 Å². The Bertz CT molecular complexity index is 1050. The fourth-order valence-electron chi connectivity index (χ4n) is 4.48. The van der Waals surface area contributed by atoms with E-state index in [-0.39, 0.29) is 11.1 Å². The van der Waals surface area contributed by atoms with Crippen molar-refractivity contribution in [2.75, 3.05) is 13.2 Å². The molecular formula is C36H52O8. The van der Waals surface area contributed by atoms with Crippen LogP contribution in [0.5, 0.6) is 0 Å². The second-order valence-electron chi connectivity index (χ2n) is 11.9. The van der Waals surface area contributed by atoms with Crippen molar-refractivity contribution in [3.63, 3.8) is 0 Å². The first kappa shape index (κ1) is 38.3. The number of carboxylic acids is 2. The van der Waals surface area contributed by atoms with Crippen molar-refractivity contribution in [2.24, 2.45) is 11.8 Å². The van der Waals surface area contributed by atoms with Gasteiger partial charge in [-0.25, -0.2) is 19.2 Å². The highest BCUT2D eigenvalue weighted by Gasteiger charge is 2.18. The molecule has 2 aromatic rings. The Labute approximate surface area is 263 Å². The highest BCUT2D eigenvalue weighted by atomic mass is 16.5. The van der Waals surface area contributed by atoms with Gasteiger partial charge in [-0.05, 0) is 55.0 Å². The average molecular weight is 613 g/mol. The number of hydrogen-bond donors (Lipinski definition) is 2. The Kier molecular flexibility index (Phi) is 19.9. The monoisotopic (exact) mass is 612 g/mol. The van der Waals surface area contributed by atoms with Gasteiger partial charge in [-0.2, -0.15) is 0 Å². The largest absolute Gasteiger partial charge is 0.478 e. The maximum absolute atomic E-state index is 12.5. The average Bonchev–Trinajstić information content (AvgIpc) is 2.99. The Morgan fingerprint density at radius 1 is 0.545 bits per heavy atom. The number of rotatable bonds is 20. The maximum atomic E-state index is 12.5. The summed E-state index contributed by atoms with van der Waals surface area (Å²) in [6.07, 6.45) is 13.7. The quantitative estimate of drug-likeness (QED) is 0.112. The Morgan fingerprint density at radius 3 is 1.27 bits per heavy atom. The van der Waals surface area contributed by atoms with Gasteiger partial charge in [-0.15, -0.1) is 0 Å². The molecule has 0 aromatic heterocycles. The van der Waals surface area contributed by atoms with Gasteiger partial charge in [0.1, 0.15) is 0 Å². The fraction of sp³-hybridized carbons (Fsp3) is 0.556. The van der Waals surface area contributed by atoms with E-state index in [1.165, 1.54) is 69.6 Å². The topological polar surface area (TPSA) is 127 Å². The zero-order valence-corrected chi connectivity index (χ0v) is 27.0. The van der Waals surface area contributed by atoms with Crippen LogP contribution in [0.4, 0.5) is 0 Å². The minimum atomic E-state index is -1.13. The highest BCUT2D eigenvalue weighted by Crippen LogP contribution is 2.15. The molecule has 0 spiro atoms. The minimum Gasteiger partial charge on any atom is -0.478 e. The van der Waals surface area contributed by atoms with E-state index in [2.05, 4.69) is 27.7 Å². The van der Waals surface area contributed by atoms with E-state index in [4.69, 9.17) is 19.7 Å². The van der Waals surface area contributed by atoms with Crippen molar-refractivity contribution in [3.8, 4) is 0 Å². The van der Waals surface area contributed by atoms with Crippen LogP contribution in [0.3, 0.4) is 0 Å². The van der Waals surface area contributed by atoms with Gasteiger partial charge in [-0.3, -0.25) is 0 Å². The molecule has 2 aromatic carbocycles. The van der Waals surface area contributed by atoms with Crippen LogP contribution >= 0.6 is 0 Å². The number of benzene rings is 2. The van der Waals surface area contributed by atoms with Crippen LogP contribution < -0.4 is 0 Å². The van der Waals surface area contributed by atoms with Crippen molar-refractivity contribution in [1.82, 2.24) is 0 Å². The van der Waals surface area contributed by atoms with Gasteiger partial charge in [0.15, 0.2) is 0 Å². The molecule has 44 heavy (non-hydrogen) atoms. The Balaban J connectivity index is 0.000000669. The number of hydrogen-bond acceptors (Lipinski definition) is 6. The number of carboxylic acid groups (broad SMARTS) is 2. The summed E-state index contributed by atoms with van der Waals surface area (Å²) in [6.45, 7) is 9.80. The predicted molar refractivity (Wildman–Crippen MR) is 172 cm³/mol. The lowest BCUT2D eigenvalue weighted by Crippen LogP contribution is -2.15. The lowest BCUT2D eigenvalue weighted by molar-refractivity contribution is 0.0450. The molecule has 0 aliphatic carbocycles. The van der Waals surface area contributed by atoms with Crippen molar-refractivity contribution in [2.45, 2.75) is 105 Å². The summed E-state index contributed by atoms with van der Waals surface area (Å²) in [7, 11) is 0. The van der Waals surface area contributed by atoms with E-state index in [0.717, 1.165) is 43.6 Å². The first-order valence-corrected chi connectivity index (χ1v) is 16.0. The van der Waals surface area contributed by atoms with E-state index < -0.39 is 23.9 Å². The van der Waals surface area contributed by atoms with Crippen LogP contribution in [0.2, 0.25) is 0 Å². The molecule has 0 bridgehead atoms. The third kappa shape index (κ3) is 17.4. The lowest BCUT2D eigenvalue weighted by atomic mass is 10.0. The molecule has 0 saturated heterocycles. The molecule has 8 nitrogen and oxygen atoms in total. The summed E-state index contributed by atoms with van der Waals surface area (Å²) in [4.78, 5) is 45.7. The van der Waals surface area contributed by atoms with Crippen molar-refractivity contribution in [1.29, 1.82) is 0 Å². The number of aromatic carboxylic acids is 2. The summed E-state index contributed by atoms with van der Waals surface area (Å²) < 4.78 is 10.8. The first-order chi connectivity index (χ1) is 21.0. The third-order valence-corrected chi connectivity index (χ3v) is 7.04. The Morgan fingerprint density at radius 2 is 0.909 bits per heavy atom. The third-order valence-electron chi connectivity index (χ3n) is 7.04. The molecule has 0 radical (unpaired) electrons. The van der Waals surface area contributed by atoms with Gasteiger partial charge in [0.25, 0.3) is 0 Å². The van der Waals surface area contributed by atoms with Gasteiger partial charge >= 0.3 is 23.9 Å². The molecule has 0 unspecified atom stereocenters. The molecule has 244 valence electrons. The molecule has 8 heteroatoms. The zero-order valence-electron chi connectivity index (χ0n) is 27.0. The van der Waals surface area contributed by atoms with Crippen LogP contribution in [-0.2, 0) is 9.47 Å². The number of esters is 2. The zero-order chi connectivity index (χ0) is 32.7. The van der Waals surface area contributed by atoms with E-state index in [1.807, 2.05) is 0 Å². The fourth-order valence-corrected chi connectivity index (χ4v) is 4.48. The number of unbranched alkanes of at least 4 members (excludes halogenated alkanes) is 8. The van der Waals surface area contributed by atoms with E-state index in [1.54, 1.807) is 24.3 Å². The standard InChI is InChI=1S/C28H46O4.C8H6O4/c1-23(2)17-11-7-5-9-15-21-31-27(29)25-19-13-14-20-26(25)28(30)32-22-16-10-6-8-12-18-24(3)4;9-7(10)5-2-1-3-6(4-5)8(11)12/h13-14,19-20,23-24H,5-12,15-18,21-22H2,1-4H3;1-4H,(H,9,10)(H,11,12). The molecule has 0 aliphatic heterocycles. The van der Waals surface area contributed by atoms with Gasteiger partial charge < -0.3 is 19.7 Å². The second-order valence-corrected chi connectivity index (χ2v) is 11.9. The molecule has 0 heterocycles. The van der Waals surface area contributed by atoms with E-state index in [9.17, 15) is 19.2 Å². The summed E-state index contributed by atoms with van der Waals surface area (Å²) in [5, 5.41) is 17.0. The van der Waals surface area contributed by atoms with Crippen LogP contribution in [0.15, 0.2) is 48.5 Å². The number of ether oxygens (including phenoxy) is 2. The molecular weight excluding hydrogens is 560 g/mol. The summed E-state index contributed by atoms with van der Waals surface area (Å²) >= 11 is 0. The van der Waals surface area contributed by atoms with Gasteiger partial charge in [-0.1, -0.05) is 110 Å². The minimum absolute atomic E-state index is 0.0186. The molecule has 0 saturated carbocycles. The van der Waals surface area contributed by atoms with E-state index in [0.29, 0.717) is 24.3 Å². The first-order valence-electron chi connectivity index (χ1n) is 16.0. The van der Waals surface area contributed by atoms with Crippen LogP contribution in [0, 0.1) is 11.8 Å². The highest BCUT2D eigenvalue weighted by molar-refractivity contribution is 6.03. The normalized spacial score (nSPS) is 10.7. The predicted octanol–water partition coefficient (Wildman–Crippen LogP) is 9.08. The number of carbonyl (C=O) groups is 4. The maximum Gasteiger partial charge on any atom is 0.339 e. The lowest BCUT2D eigenvalue weighted by Gasteiger charge is -2.10. The van der Waals surface area contributed by atoms with Gasteiger partial charge in [0, 0.05) is 0 Å². The molecule has 2 rings (SSSR count). The Hall–Kier alpha value is -3.68. The molecule has 0 aliphatic rings. The van der Waals surface area contributed by atoms with E-state index >= 15 is 0 Å². The SMILES string of the molecule is CC(C)CCCCCCCOC(=O)c1ccccc1C(=O)OCCCCCCCC(C)C.O=C(O)c1cccc(C(=O)O)c1. The van der Waals surface area contributed by atoms with Crippen LogP contribution in [-0.4, -0.2) is 47.3 Å². The smallest absolute Gasteiger partial charge is 0.339 e. The molecule has 0 fully saturated rings. The second kappa shape index (κ2) is 22.8. The van der Waals surface area contributed by atoms with Crippen molar-refractivity contribution in [3.05, 3.63) is 70.8 Å². The summed E-state index contributed by atoms with van der Waals surface area (Å²) in [5.41, 5.74) is 0.552.